The summed E-state index contributed by atoms with van der Waals surface area (Å²) in [6, 6.07) is 72.3. The third kappa shape index (κ3) is 5.35. The standard InChI is InChI=1S/C64H49BN2S/c1-38-20-26-44(27-21-38)66-56-34-42(41-14-8-7-9-15-41)24-31-55(56)65-60-57(66)32-40(3)33-58(60)67(45-28-22-39(2)23-29-45)61-50-36-49-48-30-25-43(63(4,5)6)35-53(48)64(54(49)37-59(50)68-62(61)65)51-18-12-10-16-46(51)47-17-11-13-19-52(47)64/h7-37H,1-6H3. The van der Waals surface area contributed by atoms with Crippen molar-refractivity contribution in [1.29, 1.82) is 0 Å². The molecule has 10 aromatic rings. The molecular formula is C64H49BN2S. The van der Waals surface area contributed by atoms with Crippen LogP contribution in [0.4, 0.5) is 34.1 Å². The fourth-order valence-corrected chi connectivity index (χ4v) is 13.8. The molecule has 0 unspecified atom stereocenters. The Balaban J connectivity index is 1.10. The van der Waals surface area contributed by atoms with Crippen molar-refractivity contribution in [2.24, 2.45) is 0 Å². The highest BCUT2D eigenvalue weighted by atomic mass is 32.1. The van der Waals surface area contributed by atoms with E-state index in [2.05, 4.69) is 239 Å². The molecule has 0 saturated carbocycles. The Morgan fingerprint density at radius 2 is 1.04 bits per heavy atom. The van der Waals surface area contributed by atoms with Gasteiger partial charge < -0.3 is 9.80 Å². The van der Waals surface area contributed by atoms with Crippen molar-refractivity contribution in [2.75, 3.05) is 9.80 Å². The van der Waals surface area contributed by atoms with Crippen LogP contribution in [0.25, 0.3) is 43.5 Å². The molecule has 0 N–H and O–H groups in total. The van der Waals surface area contributed by atoms with Gasteiger partial charge in [-0.15, -0.1) is 11.3 Å². The zero-order valence-electron chi connectivity index (χ0n) is 39.3. The highest BCUT2D eigenvalue weighted by molar-refractivity contribution is 7.33. The van der Waals surface area contributed by atoms with E-state index in [0.717, 1.165) is 0 Å². The molecule has 0 saturated heterocycles. The first-order valence-corrected chi connectivity index (χ1v) is 24.9. The first kappa shape index (κ1) is 39.7. The van der Waals surface area contributed by atoms with Gasteiger partial charge in [-0.2, -0.15) is 0 Å². The molecule has 2 nitrogen and oxygen atoms in total. The van der Waals surface area contributed by atoms with Crippen LogP contribution in [-0.4, -0.2) is 6.71 Å². The molecule has 0 atom stereocenters. The van der Waals surface area contributed by atoms with E-state index in [1.807, 2.05) is 11.3 Å². The molecule has 3 heterocycles. The first-order valence-electron chi connectivity index (χ1n) is 24.1. The number of rotatable bonds is 3. The predicted octanol–water partition coefficient (Wildman–Crippen LogP) is 15.2. The molecule has 0 radical (unpaired) electrons. The summed E-state index contributed by atoms with van der Waals surface area (Å²) in [7, 11) is 0. The molecule has 2 aliphatic heterocycles. The lowest BCUT2D eigenvalue weighted by atomic mass is 9.36. The number of anilines is 6. The molecule has 68 heavy (non-hydrogen) atoms. The maximum Gasteiger partial charge on any atom is 0.264 e. The van der Waals surface area contributed by atoms with Crippen molar-refractivity contribution in [2.45, 2.75) is 52.4 Å². The van der Waals surface area contributed by atoms with E-state index in [4.69, 9.17) is 0 Å². The minimum absolute atomic E-state index is 0.00580. The summed E-state index contributed by atoms with van der Waals surface area (Å²) in [6.45, 7) is 13.7. The van der Waals surface area contributed by atoms with E-state index in [0.29, 0.717) is 0 Å². The second-order valence-electron chi connectivity index (χ2n) is 20.7. The van der Waals surface area contributed by atoms with Crippen LogP contribution >= 0.6 is 11.3 Å². The summed E-state index contributed by atoms with van der Waals surface area (Å²) in [5.74, 6) is 0. The largest absolute Gasteiger partial charge is 0.311 e. The van der Waals surface area contributed by atoms with Crippen LogP contribution in [0.3, 0.4) is 0 Å². The zero-order valence-corrected chi connectivity index (χ0v) is 40.1. The molecular weight excluding hydrogens is 840 g/mol. The van der Waals surface area contributed by atoms with E-state index >= 15 is 0 Å². The summed E-state index contributed by atoms with van der Waals surface area (Å²) < 4.78 is 2.72. The molecule has 4 aliphatic rings. The van der Waals surface area contributed by atoms with Crippen molar-refractivity contribution < 1.29 is 0 Å². The first-order chi connectivity index (χ1) is 33.1. The monoisotopic (exact) mass is 888 g/mol. The van der Waals surface area contributed by atoms with Crippen molar-refractivity contribution >= 4 is 78.0 Å². The van der Waals surface area contributed by atoms with Crippen LogP contribution < -0.4 is 25.5 Å². The van der Waals surface area contributed by atoms with Crippen LogP contribution in [0.15, 0.2) is 188 Å². The Kier molecular flexibility index (Phi) is 8.23. The number of nitrogens with zero attached hydrogens (tertiary/aromatic N) is 2. The van der Waals surface area contributed by atoms with Gasteiger partial charge in [-0.05, 0) is 158 Å². The average Bonchev–Trinajstić information content (AvgIpc) is 3.97. The molecule has 14 rings (SSSR count). The fraction of sp³-hybridized carbons (Fsp3) is 0.125. The predicted molar refractivity (Wildman–Crippen MR) is 290 cm³/mol. The van der Waals surface area contributed by atoms with Gasteiger partial charge in [-0.3, -0.25) is 0 Å². The van der Waals surface area contributed by atoms with Crippen molar-refractivity contribution in [3.05, 3.63) is 233 Å². The maximum absolute atomic E-state index is 2.62. The van der Waals surface area contributed by atoms with Gasteiger partial charge in [0.15, 0.2) is 0 Å². The van der Waals surface area contributed by atoms with Gasteiger partial charge in [0.2, 0.25) is 0 Å². The molecule has 324 valence electrons. The van der Waals surface area contributed by atoms with Gasteiger partial charge in [0.25, 0.3) is 6.71 Å². The van der Waals surface area contributed by atoms with E-state index in [1.54, 1.807) is 0 Å². The van der Waals surface area contributed by atoms with Gasteiger partial charge in [-0.1, -0.05) is 165 Å². The maximum atomic E-state index is 2.62. The molecule has 1 aromatic heterocycles. The van der Waals surface area contributed by atoms with Gasteiger partial charge in [0.1, 0.15) is 0 Å². The van der Waals surface area contributed by atoms with E-state index in [1.165, 1.54) is 138 Å². The highest BCUT2D eigenvalue weighted by Gasteiger charge is 2.53. The molecule has 0 fully saturated rings. The topological polar surface area (TPSA) is 6.48 Å². The normalized spacial score (nSPS) is 14.4. The van der Waals surface area contributed by atoms with Crippen molar-refractivity contribution in [3.8, 4) is 33.4 Å². The van der Waals surface area contributed by atoms with Gasteiger partial charge in [0, 0.05) is 43.3 Å². The Hall–Kier alpha value is -7.40. The van der Waals surface area contributed by atoms with Gasteiger partial charge >= 0.3 is 0 Å². The van der Waals surface area contributed by atoms with E-state index < -0.39 is 5.41 Å². The van der Waals surface area contributed by atoms with Crippen LogP contribution in [0.1, 0.15) is 65.3 Å². The van der Waals surface area contributed by atoms with Gasteiger partial charge in [-0.25, -0.2) is 0 Å². The second kappa shape index (κ2) is 14.1. The lowest BCUT2D eigenvalue weighted by Crippen LogP contribution is -2.60. The average molecular weight is 889 g/mol. The minimum Gasteiger partial charge on any atom is -0.311 e. The third-order valence-corrected chi connectivity index (χ3v) is 16.8. The lowest BCUT2D eigenvalue weighted by Gasteiger charge is -2.43. The molecule has 0 bridgehead atoms. The van der Waals surface area contributed by atoms with Crippen LogP contribution in [-0.2, 0) is 10.8 Å². The second-order valence-corrected chi connectivity index (χ2v) is 21.8. The molecule has 1 spiro atoms. The minimum atomic E-state index is -0.443. The Morgan fingerprint density at radius 1 is 0.456 bits per heavy atom. The molecule has 2 aliphatic carbocycles. The number of fused-ring (bicyclic) bond motifs is 16. The quantitative estimate of drug-likeness (QED) is 0.163. The SMILES string of the molecule is Cc1ccc(N2c3cc(-c4ccccc4)ccc3B3c4sc5cc6c(cc5c4N(c4ccc(C)cc4)c4cc(C)cc2c43)-c2ccc(C(C)(C)C)cc2C62c3ccccc3-c3ccccc32)cc1. The fourth-order valence-electron chi connectivity index (χ4n) is 12.5. The van der Waals surface area contributed by atoms with Gasteiger partial charge in [0.05, 0.1) is 11.1 Å². The van der Waals surface area contributed by atoms with Crippen molar-refractivity contribution in [3.63, 3.8) is 0 Å². The number of hydrogen-bond acceptors (Lipinski definition) is 3. The molecule has 4 heteroatoms. The van der Waals surface area contributed by atoms with E-state index in [9.17, 15) is 0 Å². The van der Waals surface area contributed by atoms with E-state index in [-0.39, 0.29) is 12.1 Å². The number of benzene rings is 9. The third-order valence-electron chi connectivity index (χ3n) is 15.6. The highest BCUT2D eigenvalue weighted by Crippen LogP contribution is 2.64. The Bertz CT molecular complexity index is 3720. The lowest BCUT2D eigenvalue weighted by molar-refractivity contribution is 0.588. The molecule has 0 amide bonds. The van der Waals surface area contributed by atoms with Crippen LogP contribution in [0, 0.1) is 20.8 Å². The summed E-state index contributed by atoms with van der Waals surface area (Å²) in [5.41, 5.74) is 28.1. The van der Waals surface area contributed by atoms with Crippen LogP contribution in [0.5, 0.6) is 0 Å². The Morgan fingerprint density at radius 3 is 1.71 bits per heavy atom. The number of aryl methyl sites for hydroxylation is 3. The smallest absolute Gasteiger partial charge is 0.264 e. The number of thiophene rings is 1. The van der Waals surface area contributed by atoms with Crippen LogP contribution in [0.2, 0.25) is 0 Å². The van der Waals surface area contributed by atoms with Crippen molar-refractivity contribution in [1.82, 2.24) is 0 Å². The summed E-state index contributed by atoms with van der Waals surface area (Å²) >= 11 is 2.00. The summed E-state index contributed by atoms with van der Waals surface area (Å²) in [6.07, 6.45) is 0. The zero-order chi connectivity index (χ0) is 45.8. The Labute approximate surface area is 403 Å². The number of hydrogen-bond donors (Lipinski definition) is 0. The molecule has 9 aromatic carbocycles. The summed E-state index contributed by atoms with van der Waals surface area (Å²) in [4.78, 5) is 5.17. The summed E-state index contributed by atoms with van der Waals surface area (Å²) in [5, 5.41) is 1.31.